The molecule has 0 unspecified atom stereocenters. The van der Waals surface area contributed by atoms with Gasteiger partial charge in [-0.05, 0) is 27.7 Å². The highest BCUT2D eigenvalue weighted by Gasteiger charge is 2.04. The number of hydrogen-bond donors (Lipinski definition) is 0. The van der Waals surface area contributed by atoms with Gasteiger partial charge in [0.25, 0.3) is 0 Å². The maximum atomic E-state index is 5.00. The minimum Gasteiger partial charge on any atom is -1.00 e. The van der Waals surface area contributed by atoms with Crippen LogP contribution in [0, 0.1) is 0 Å². The Bertz CT molecular complexity index is 289. The lowest BCUT2D eigenvalue weighted by Crippen LogP contribution is -3.00. The number of hydrogen-bond acceptors (Lipinski definition) is 5. The molecule has 7 heteroatoms. The highest BCUT2D eigenvalue weighted by Crippen LogP contribution is 2.01. The molecule has 0 aromatic carbocycles. The van der Waals surface area contributed by atoms with Gasteiger partial charge in [0.05, 0.1) is 13.3 Å². The molecule has 2 aliphatic rings. The second-order valence-electron chi connectivity index (χ2n) is 5.25. The molecule has 0 fully saturated rings. The lowest BCUT2D eigenvalue weighted by Gasteiger charge is -2.14. The summed E-state index contributed by atoms with van der Waals surface area (Å²) in [5.74, 6) is 0.722. The summed E-state index contributed by atoms with van der Waals surface area (Å²) >= 11 is 5.00. The molecular weight excluding hydrogens is 359 g/mol. The van der Waals surface area contributed by atoms with E-state index in [4.69, 9.17) is 16.3 Å². The molecule has 2 heterocycles. The first kappa shape index (κ1) is 29.0. The fourth-order valence-electron chi connectivity index (χ4n) is 1.79. The third-order valence-corrected chi connectivity index (χ3v) is 3.09. The van der Waals surface area contributed by atoms with E-state index in [2.05, 4.69) is 72.3 Å². The van der Waals surface area contributed by atoms with Crippen LogP contribution in [-0.2, 0) is 4.74 Å². The Morgan fingerprint density at radius 2 is 1.08 bits per heavy atom. The molecule has 2 rings (SSSR count). The molecule has 5 nitrogen and oxygen atoms in total. The Hall–Kier alpha value is -0.780. The third kappa shape index (κ3) is 19.4. The smallest absolute Gasteiger partial charge is 0.0890 e. The van der Waals surface area contributed by atoms with Crippen LogP contribution in [-0.4, -0.2) is 79.2 Å². The van der Waals surface area contributed by atoms with Crippen LogP contribution in [0.15, 0.2) is 24.8 Å². The third-order valence-electron chi connectivity index (χ3n) is 3.09. The van der Waals surface area contributed by atoms with Crippen LogP contribution in [0.5, 0.6) is 0 Å². The first-order valence-electron chi connectivity index (χ1n) is 8.87. The SMILES string of the molecule is CCCl.CCN1C=CN(C)C1.CCN1C=CN(C)C1.CCOCC.[Cl-]. The topological polar surface area (TPSA) is 22.2 Å². The van der Waals surface area contributed by atoms with E-state index in [1.165, 1.54) is 0 Å². The van der Waals surface area contributed by atoms with E-state index in [1.807, 2.05) is 20.8 Å². The van der Waals surface area contributed by atoms with E-state index in [1.54, 1.807) is 0 Å². The van der Waals surface area contributed by atoms with Gasteiger partial charge in [-0.15, -0.1) is 11.6 Å². The molecule has 2 aliphatic heterocycles. The van der Waals surface area contributed by atoms with Crippen LogP contribution in [0.3, 0.4) is 0 Å². The van der Waals surface area contributed by atoms with Crippen molar-refractivity contribution in [2.75, 3.05) is 59.6 Å². The zero-order chi connectivity index (χ0) is 18.8. The van der Waals surface area contributed by atoms with Gasteiger partial charge in [-0.25, -0.2) is 0 Å². The van der Waals surface area contributed by atoms with Crippen LogP contribution in [0.2, 0.25) is 0 Å². The van der Waals surface area contributed by atoms with Crippen LogP contribution in [0.4, 0.5) is 0 Å². The molecule has 0 atom stereocenters. The second-order valence-corrected chi connectivity index (χ2v) is 5.79. The van der Waals surface area contributed by atoms with Gasteiger partial charge in [-0.3, -0.25) is 0 Å². The van der Waals surface area contributed by atoms with Gasteiger partial charge in [-0.1, -0.05) is 6.92 Å². The minimum absolute atomic E-state index is 0. The van der Waals surface area contributed by atoms with Crippen LogP contribution in [0.1, 0.15) is 34.6 Å². The summed E-state index contributed by atoms with van der Waals surface area (Å²) < 4.78 is 4.83. The van der Waals surface area contributed by atoms with Crippen LogP contribution in [0.25, 0.3) is 0 Å². The van der Waals surface area contributed by atoms with Gasteiger partial charge >= 0.3 is 0 Å². The van der Waals surface area contributed by atoms with Gasteiger partial charge in [0.2, 0.25) is 0 Å². The van der Waals surface area contributed by atoms with Gasteiger partial charge < -0.3 is 36.7 Å². The number of alkyl halides is 1. The molecule has 25 heavy (non-hydrogen) atoms. The summed E-state index contributed by atoms with van der Waals surface area (Å²) in [7, 11) is 4.15. The summed E-state index contributed by atoms with van der Waals surface area (Å²) in [6.07, 6.45) is 8.40. The van der Waals surface area contributed by atoms with Crippen molar-refractivity contribution in [1.82, 2.24) is 19.6 Å². The summed E-state index contributed by atoms with van der Waals surface area (Å²) in [5, 5.41) is 0. The summed E-state index contributed by atoms with van der Waals surface area (Å²) in [6.45, 7) is 16.2. The van der Waals surface area contributed by atoms with Crippen LogP contribution >= 0.6 is 11.6 Å². The number of halogens is 2. The quantitative estimate of drug-likeness (QED) is 0.647. The second kappa shape index (κ2) is 21.3. The fraction of sp³-hybridized carbons (Fsp3) is 0.778. The molecule has 152 valence electrons. The normalized spacial score (nSPS) is 14.1. The Kier molecular flexibility index (Phi) is 24.7. The first-order valence-corrected chi connectivity index (χ1v) is 9.41. The van der Waals surface area contributed by atoms with Crippen molar-refractivity contribution in [3.63, 3.8) is 0 Å². The van der Waals surface area contributed by atoms with Gasteiger partial charge in [0.1, 0.15) is 0 Å². The minimum atomic E-state index is 0. The molecule has 0 saturated carbocycles. The monoisotopic (exact) mass is 397 g/mol. The molecule has 0 aliphatic carbocycles. The Morgan fingerprint density at radius 1 is 0.760 bits per heavy atom. The molecule has 0 saturated heterocycles. The number of rotatable bonds is 4. The molecular formula is C18H39Cl2N4O-. The van der Waals surface area contributed by atoms with Crippen molar-refractivity contribution in [3.05, 3.63) is 24.8 Å². The zero-order valence-corrected chi connectivity index (χ0v) is 18.7. The standard InChI is InChI=1S/2C6H12N2.C4H10O.C2H5Cl.ClH/c2*1-3-8-5-4-7(2)6-8;1-3-5-4-2;1-2-3;/h2*4-5H,3,6H2,1-2H3;3-4H2,1-2H3;2H2,1H3;1H/p-1. The van der Waals surface area contributed by atoms with Crippen molar-refractivity contribution in [1.29, 1.82) is 0 Å². The molecule has 0 aromatic rings. The molecule has 0 amide bonds. The Morgan fingerprint density at radius 3 is 1.16 bits per heavy atom. The molecule has 0 radical (unpaired) electrons. The predicted octanol–water partition coefficient (Wildman–Crippen LogP) is 0.657. The van der Waals surface area contributed by atoms with Gasteiger partial charge in [0, 0.05) is 71.1 Å². The van der Waals surface area contributed by atoms with Crippen molar-refractivity contribution >= 4 is 11.6 Å². The van der Waals surface area contributed by atoms with E-state index in [-0.39, 0.29) is 12.4 Å². The Balaban J connectivity index is -0.000000271. The summed E-state index contributed by atoms with van der Waals surface area (Å²) in [4.78, 5) is 8.81. The molecule has 0 bridgehead atoms. The Labute approximate surface area is 167 Å². The maximum Gasteiger partial charge on any atom is 0.0890 e. The first-order chi connectivity index (χ1) is 11.5. The number of ether oxygens (including phenoxy) is 1. The van der Waals surface area contributed by atoms with E-state index in [0.29, 0.717) is 0 Å². The summed E-state index contributed by atoms with van der Waals surface area (Å²) in [6, 6.07) is 0. The van der Waals surface area contributed by atoms with E-state index in [9.17, 15) is 0 Å². The van der Waals surface area contributed by atoms with Crippen molar-refractivity contribution in [2.24, 2.45) is 0 Å². The van der Waals surface area contributed by atoms with Gasteiger partial charge in [-0.2, -0.15) is 0 Å². The largest absolute Gasteiger partial charge is 1.00 e. The van der Waals surface area contributed by atoms with Crippen molar-refractivity contribution in [2.45, 2.75) is 34.6 Å². The van der Waals surface area contributed by atoms with E-state index in [0.717, 1.165) is 45.5 Å². The van der Waals surface area contributed by atoms with Crippen LogP contribution < -0.4 is 12.4 Å². The molecule has 0 aromatic heterocycles. The predicted molar refractivity (Wildman–Crippen MR) is 107 cm³/mol. The lowest BCUT2D eigenvalue weighted by atomic mass is 10.6. The van der Waals surface area contributed by atoms with E-state index < -0.39 is 0 Å². The average Bonchev–Trinajstić information content (AvgIpc) is 3.18. The van der Waals surface area contributed by atoms with Crippen molar-refractivity contribution in [3.8, 4) is 0 Å². The number of nitrogens with zero attached hydrogens (tertiary/aromatic N) is 4. The highest BCUT2D eigenvalue weighted by atomic mass is 35.5. The maximum absolute atomic E-state index is 5.00. The average molecular weight is 398 g/mol. The summed E-state index contributed by atoms with van der Waals surface area (Å²) in [5.41, 5.74) is 0. The van der Waals surface area contributed by atoms with Gasteiger partial charge in [0.15, 0.2) is 0 Å². The van der Waals surface area contributed by atoms with E-state index >= 15 is 0 Å². The lowest BCUT2D eigenvalue weighted by molar-refractivity contribution is -0.00000633. The molecule has 0 spiro atoms. The zero-order valence-electron chi connectivity index (χ0n) is 17.2. The van der Waals surface area contributed by atoms with Crippen molar-refractivity contribution < 1.29 is 17.1 Å². The molecule has 0 N–H and O–H groups in total. The fourth-order valence-corrected chi connectivity index (χ4v) is 1.79. The highest BCUT2D eigenvalue weighted by molar-refractivity contribution is 6.17.